The molecule has 0 saturated heterocycles. The van der Waals surface area contributed by atoms with Crippen LogP contribution in [0.25, 0.3) is 17.0 Å². The summed E-state index contributed by atoms with van der Waals surface area (Å²) in [7, 11) is 0. The molecule has 0 bridgehead atoms. The zero-order chi connectivity index (χ0) is 15.6. The molecule has 0 aliphatic carbocycles. The smallest absolute Gasteiger partial charge is 0.179 e. The van der Waals surface area contributed by atoms with Gasteiger partial charge in [-0.2, -0.15) is 0 Å². The SMILES string of the molecule is Clc1cccn2c(-c3ccc(Oc4ccccc4)cc3)nnc12. The monoisotopic (exact) mass is 321 g/mol. The highest BCUT2D eigenvalue weighted by Crippen LogP contribution is 2.26. The standard InChI is InChI=1S/C18H12ClN3O/c19-16-7-4-12-22-17(20-21-18(16)22)13-8-10-15(11-9-13)23-14-5-2-1-3-6-14/h1-12H. The van der Waals surface area contributed by atoms with Crippen LogP contribution in [0.4, 0.5) is 0 Å². The lowest BCUT2D eigenvalue weighted by atomic mass is 10.2. The van der Waals surface area contributed by atoms with Crippen molar-refractivity contribution in [2.24, 2.45) is 0 Å². The molecule has 5 heteroatoms. The first-order chi connectivity index (χ1) is 11.3. The molecule has 0 amide bonds. The van der Waals surface area contributed by atoms with Crippen LogP contribution >= 0.6 is 11.6 Å². The second kappa shape index (κ2) is 5.74. The Morgan fingerprint density at radius 3 is 2.30 bits per heavy atom. The van der Waals surface area contributed by atoms with E-state index >= 15 is 0 Å². The topological polar surface area (TPSA) is 39.4 Å². The average molecular weight is 322 g/mol. The van der Waals surface area contributed by atoms with Gasteiger partial charge in [0.15, 0.2) is 11.5 Å². The van der Waals surface area contributed by atoms with E-state index in [9.17, 15) is 0 Å². The number of fused-ring (bicyclic) bond motifs is 1. The highest BCUT2D eigenvalue weighted by Gasteiger charge is 2.10. The van der Waals surface area contributed by atoms with Crippen molar-refractivity contribution < 1.29 is 4.74 Å². The molecule has 0 atom stereocenters. The Labute approximate surface area is 137 Å². The van der Waals surface area contributed by atoms with Gasteiger partial charge in [-0.15, -0.1) is 10.2 Å². The fourth-order valence-corrected chi connectivity index (χ4v) is 2.58. The Morgan fingerprint density at radius 2 is 1.52 bits per heavy atom. The molecule has 0 unspecified atom stereocenters. The van der Waals surface area contributed by atoms with E-state index in [1.54, 1.807) is 6.07 Å². The number of rotatable bonds is 3. The number of hydrogen-bond donors (Lipinski definition) is 0. The quantitative estimate of drug-likeness (QED) is 0.542. The fourth-order valence-electron chi connectivity index (χ4n) is 2.38. The second-order valence-electron chi connectivity index (χ2n) is 5.01. The average Bonchev–Trinajstić information content (AvgIpc) is 3.02. The number of nitrogens with zero attached hydrogens (tertiary/aromatic N) is 3. The van der Waals surface area contributed by atoms with Crippen LogP contribution in [0.3, 0.4) is 0 Å². The summed E-state index contributed by atoms with van der Waals surface area (Å²) in [6.45, 7) is 0. The van der Waals surface area contributed by atoms with Gasteiger partial charge in [-0.05, 0) is 48.5 Å². The molecule has 23 heavy (non-hydrogen) atoms. The second-order valence-corrected chi connectivity index (χ2v) is 5.42. The van der Waals surface area contributed by atoms with Crippen LogP contribution in [0.2, 0.25) is 5.02 Å². The number of pyridine rings is 1. The first-order valence-electron chi connectivity index (χ1n) is 7.14. The van der Waals surface area contributed by atoms with Crippen molar-refractivity contribution in [3.8, 4) is 22.9 Å². The molecule has 0 fully saturated rings. The predicted molar refractivity (Wildman–Crippen MR) is 89.9 cm³/mol. The number of aromatic nitrogens is 3. The molecule has 0 spiro atoms. The van der Waals surface area contributed by atoms with Crippen molar-refractivity contribution in [3.05, 3.63) is 77.9 Å². The normalized spacial score (nSPS) is 10.8. The van der Waals surface area contributed by atoms with Gasteiger partial charge in [0, 0.05) is 11.8 Å². The Bertz CT molecular complexity index is 949. The molecule has 2 aromatic carbocycles. The van der Waals surface area contributed by atoms with Crippen LogP contribution in [0, 0.1) is 0 Å². The summed E-state index contributed by atoms with van der Waals surface area (Å²) in [6, 6.07) is 21.1. The van der Waals surface area contributed by atoms with Gasteiger partial charge in [0.2, 0.25) is 0 Å². The lowest BCUT2D eigenvalue weighted by Gasteiger charge is -2.06. The summed E-state index contributed by atoms with van der Waals surface area (Å²) >= 11 is 6.13. The minimum atomic E-state index is 0.579. The third kappa shape index (κ3) is 2.64. The summed E-state index contributed by atoms with van der Waals surface area (Å²) in [4.78, 5) is 0. The Balaban J connectivity index is 1.66. The molecular formula is C18H12ClN3O. The van der Waals surface area contributed by atoms with Crippen LogP contribution < -0.4 is 4.74 Å². The lowest BCUT2D eigenvalue weighted by Crippen LogP contribution is -1.89. The molecule has 0 aliphatic rings. The van der Waals surface area contributed by atoms with E-state index in [0.717, 1.165) is 22.9 Å². The van der Waals surface area contributed by atoms with Gasteiger partial charge in [-0.3, -0.25) is 4.40 Å². The molecule has 0 aliphatic heterocycles. The molecule has 4 aromatic rings. The van der Waals surface area contributed by atoms with E-state index in [1.807, 2.05) is 71.3 Å². The van der Waals surface area contributed by atoms with Crippen molar-refractivity contribution in [3.63, 3.8) is 0 Å². The molecule has 0 radical (unpaired) electrons. The molecule has 4 nitrogen and oxygen atoms in total. The maximum atomic E-state index is 6.13. The van der Waals surface area contributed by atoms with Crippen LogP contribution in [0.5, 0.6) is 11.5 Å². The maximum Gasteiger partial charge on any atom is 0.179 e. The highest BCUT2D eigenvalue weighted by atomic mass is 35.5. The zero-order valence-corrected chi connectivity index (χ0v) is 12.8. The van der Waals surface area contributed by atoms with Crippen LogP contribution in [-0.4, -0.2) is 14.6 Å². The summed E-state index contributed by atoms with van der Waals surface area (Å²) in [6.07, 6.45) is 1.89. The molecule has 2 heterocycles. The predicted octanol–water partition coefficient (Wildman–Crippen LogP) is 4.84. The first kappa shape index (κ1) is 13.8. The minimum absolute atomic E-state index is 0.579. The maximum absolute atomic E-state index is 6.13. The van der Waals surface area contributed by atoms with Crippen molar-refractivity contribution in [2.45, 2.75) is 0 Å². The van der Waals surface area contributed by atoms with Gasteiger partial charge in [0.25, 0.3) is 0 Å². The van der Waals surface area contributed by atoms with Gasteiger partial charge in [-0.25, -0.2) is 0 Å². The lowest BCUT2D eigenvalue weighted by molar-refractivity contribution is 0.483. The summed E-state index contributed by atoms with van der Waals surface area (Å²) in [5.74, 6) is 2.32. The summed E-state index contributed by atoms with van der Waals surface area (Å²) in [5.41, 5.74) is 1.59. The van der Waals surface area contributed by atoms with Gasteiger partial charge < -0.3 is 4.74 Å². The van der Waals surface area contributed by atoms with Crippen LogP contribution in [0.1, 0.15) is 0 Å². The first-order valence-corrected chi connectivity index (χ1v) is 7.52. The minimum Gasteiger partial charge on any atom is -0.457 e. The van der Waals surface area contributed by atoms with E-state index in [-0.39, 0.29) is 0 Å². The summed E-state index contributed by atoms with van der Waals surface area (Å²) < 4.78 is 7.66. The number of para-hydroxylation sites is 1. The fraction of sp³-hybridized carbons (Fsp3) is 0. The number of halogens is 1. The number of ether oxygens (including phenoxy) is 1. The third-order valence-corrected chi connectivity index (χ3v) is 3.77. The Kier molecular flexibility index (Phi) is 3.44. The molecule has 4 rings (SSSR count). The van der Waals surface area contributed by atoms with Crippen molar-refractivity contribution >= 4 is 17.2 Å². The largest absolute Gasteiger partial charge is 0.457 e. The highest BCUT2D eigenvalue weighted by molar-refractivity contribution is 6.33. The Morgan fingerprint density at radius 1 is 0.783 bits per heavy atom. The number of hydrogen-bond acceptors (Lipinski definition) is 3. The molecular weight excluding hydrogens is 310 g/mol. The molecule has 0 N–H and O–H groups in total. The molecule has 2 aromatic heterocycles. The van der Waals surface area contributed by atoms with E-state index in [2.05, 4.69) is 10.2 Å². The third-order valence-electron chi connectivity index (χ3n) is 3.48. The van der Waals surface area contributed by atoms with Gasteiger partial charge in [0.1, 0.15) is 11.5 Å². The Hall–Kier alpha value is -2.85. The van der Waals surface area contributed by atoms with E-state index in [0.29, 0.717) is 10.7 Å². The van der Waals surface area contributed by atoms with Crippen molar-refractivity contribution in [1.29, 1.82) is 0 Å². The van der Waals surface area contributed by atoms with Crippen LogP contribution in [-0.2, 0) is 0 Å². The van der Waals surface area contributed by atoms with Gasteiger partial charge in [0.05, 0.1) is 5.02 Å². The number of benzene rings is 2. The van der Waals surface area contributed by atoms with Gasteiger partial charge in [-0.1, -0.05) is 29.8 Å². The van der Waals surface area contributed by atoms with E-state index in [4.69, 9.17) is 16.3 Å². The summed E-state index contributed by atoms with van der Waals surface area (Å²) in [5, 5.41) is 8.94. The van der Waals surface area contributed by atoms with E-state index in [1.165, 1.54) is 0 Å². The van der Waals surface area contributed by atoms with Crippen molar-refractivity contribution in [1.82, 2.24) is 14.6 Å². The zero-order valence-electron chi connectivity index (χ0n) is 12.1. The van der Waals surface area contributed by atoms with Crippen LogP contribution in [0.15, 0.2) is 72.9 Å². The molecule has 112 valence electrons. The van der Waals surface area contributed by atoms with E-state index < -0.39 is 0 Å². The molecule has 0 saturated carbocycles. The van der Waals surface area contributed by atoms with Crippen molar-refractivity contribution in [2.75, 3.05) is 0 Å². The van der Waals surface area contributed by atoms with Gasteiger partial charge >= 0.3 is 0 Å².